The average molecular weight is 497 g/mol. The normalized spacial score (nSPS) is 12.8. The van der Waals surface area contributed by atoms with Gasteiger partial charge in [-0.1, -0.05) is 29.8 Å². The highest BCUT2D eigenvalue weighted by molar-refractivity contribution is 6.31. The minimum Gasteiger partial charge on any atom is -0.496 e. The highest BCUT2D eigenvalue weighted by Crippen LogP contribution is 2.30. The van der Waals surface area contributed by atoms with Gasteiger partial charge < -0.3 is 25.6 Å². The summed E-state index contributed by atoms with van der Waals surface area (Å²) in [4.78, 5) is 27.8. The number of hydrogen-bond acceptors (Lipinski definition) is 4. The first-order valence-corrected chi connectivity index (χ1v) is 11.6. The SMILES string of the molecule is COc1ccccc1CNC(=O)c1ccc(N2CCCC2)c(NC(=O)Nc2ccc(F)c(Cl)c2)c1. The molecule has 0 aliphatic carbocycles. The van der Waals surface area contributed by atoms with Gasteiger partial charge in [0.1, 0.15) is 11.6 Å². The summed E-state index contributed by atoms with van der Waals surface area (Å²) in [6.07, 6.45) is 2.11. The number of methoxy groups -OCH3 is 1. The Morgan fingerprint density at radius 1 is 1.03 bits per heavy atom. The predicted octanol–water partition coefficient (Wildman–Crippen LogP) is 5.66. The molecule has 0 radical (unpaired) electrons. The smallest absolute Gasteiger partial charge is 0.323 e. The summed E-state index contributed by atoms with van der Waals surface area (Å²) in [6.45, 7) is 2.03. The summed E-state index contributed by atoms with van der Waals surface area (Å²) in [5.41, 5.74) is 2.94. The molecule has 3 aromatic carbocycles. The van der Waals surface area contributed by atoms with E-state index in [1.165, 1.54) is 18.2 Å². The number of nitrogens with one attached hydrogen (secondary N) is 3. The molecule has 0 aromatic heterocycles. The van der Waals surface area contributed by atoms with Crippen LogP contribution in [0.15, 0.2) is 60.7 Å². The van der Waals surface area contributed by atoms with Gasteiger partial charge in [-0.2, -0.15) is 0 Å². The summed E-state index contributed by atoms with van der Waals surface area (Å²) >= 11 is 5.81. The number of rotatable bonds is 7. The molecule has 0 bridgehead atoms. The fourth-order valence-corrected chi connectivity index (χ4v) is 4.18. The van der Waals surface area contributed by atoms with Crippen molar-refractivity contribution in [2.45, 2.75) is 19.4 Å². The summed E-state index contributed by atoms with van der Waals surface area (Å²) in [5, 5.41) is 8.29. The third-order valence-corrected chi connectivity index (χ3v) is 6.05. The Morgan fingerprint density at radius 3 is 2.54 bits per heavy atom. The van der Waals surface area contributed by atoms with Crippen LogP contribution in [-0.2, 0) is 6.54 Å². The zero-order valence-corrected chi connectivity index (χ0v) is 20.0. The van der Waals surface area contributed by atoms with E-state index in [9.17, 15) is 14.0 Å². The van der Waals surface area contributed by atoms with Crippen LogP contribution in [0, 0.1) is 5.82 Å². The third kappa shape index (κ3) is 6.02. The maximum Gasteiger partial charge on any atom is 0.323 e. The van der Waals surface area contributed by atoms with Gasteiger partial charge in [-0.15, -0.1) is 0 Å². The molecule has 0 unspecified atom stereocenters. The second-order valence-corrected chi connectivity index (χ2v) is 8.54. The largest absolute Gasteiger partial charge is 0.496 e. The lowest BCUT2D eigenvalue weighted by atomic mass is 10.1. The summed E-state index contributed by atoms with van der Waals surface area (Å²) in [5.74, 6) is -0.157. The predicted molar refractivity (Wildman–Crippen MR) is 136 cm³/mol. The van der Waals surface area contributed by atoms with Crippen LogP contribution in [0.1, 0.15) is 28.8 Å². The van der Waals surface area contributed by atoms with E-state index in [1.807, 2.05) is 30.3 Å². The van der Waals surface area contributed by atoms with Crippen molar-refractivity contribution in [1.29, 1.82) is 0 Å². The quantitative estimate of drug-likeness (QED) is 0.394. The van der Waals surface area contributed by atoms with Crippen LogP contribution >= 0.6 is 11.6 Å². The molecule has 3 N–H and O–H groups in total. The molecule has 9 heteroatoms. The lowest BCUT2D eigenvalue weighted by molar-refractivity contribution is 0.0950. The maximum absolute atomic E-state index is 13.4. The third-order valence-electron chi connectivity index (χ3n) is 5.76. The van der Waals surface area contributed by atoms with Crippen molar-refractivity contribution in [3.63, 3.8) is 0 Å². The Bertz CT molecular complexity index is 1230. The molecule has 35 heavy (non-hydrogen) atoms. The average Bonchev–Trinajstić information content (AvgIpc) is 3.39. The number of amides is 3. The summed E-state index contributed by atoms with van der Waals surface area (Å²) < 4.78 is 18.8. The first kappa shape index (κ1) is 24.3. The van der Waals surface area contributed by atoms with E-state index in [2.05, 4.69) is 20.9 Å². The minimum atomic E-state index is -0.569. The van der Waals surface area contributed by atoms with Crippen LogP contribution in [-0.4, -0.2) is 32.1 Å². The molecule has 4 rings (SSSR count). The van der Waals surface area contributed by atoms with Crippen LogP contribution < -0.4 is 25.6 Å². The number of para-hydroxylation sites is 1. The zero-order chi connectivity index (χ0) is 24.8. The molecule has 1 saturated heterocycles. The molecule has 7 nitrogen and oxygen atoms in total. The van der Waals surface area contributed by atoms with Gasteiger partial charge >= 0.3 is 6.03 Å². The fourth-order valence-electron chi connectivity index (χ4n) is 4.00. The lowest BCUT2D eigenvalue weighted by Crippen LogP contribution is -2.26. The van der Waals surface area contributed by atoms with Crippen molar-refractivity contribution in [2.75, 3.05) is 35.7 Å². The zero-order valence-electron chi connectivity index (χ0n) is 19.2. The first-order chi connectivity index (χ1) is 16.9. The minimum absolute atomic E-state index is 0.0886. The molecule has 3 amide bonds. The van der Waals surface area contributed by atoms with Gasteiger partial charge in [-0.3, -0.25) is 4.79 Å². The van der Waals surface area contributed by atoms with Gasteiger partial charge in [0.25, 0.3) is 5.91 Å². The molecule has 1 heterocycles. The Balaban J connectivity index is 1.51. The van der Waals surface area contributed by atoms with Gasteiger partial charge in [-0.25, -0.2) is 9.18 Å². The van der Waals surface area contributed by atoms with Crippen molar-refractivity contribution < 1.29 is 18.7 Å². The van der Waals surface area contributed by atoms with E-state index >= 15 is 0 Å². The van der Waals surface area contributed by atoms with E-state index in [1.54, 1.807) is 19.2 Å². The molecule has 182 valence electrons. The molecule has 1 fully saturated rings. The Kier molecular flexibility index (Phi) is 7.72. The number of nitrogens with zero attached hydrogens (tertiary/aromatic N) is 1. The van der Waals surface area contributed by atoms with E-state index in [4.69, 9.17) is 16.3 Å². The van der Waals surface area contributed by atoms with Crippen molar-refractivity contribution in [3.8, 4) is 5.75 Å². The van der Waals surface area contributed by atoms with Crippen LogP contribution in [0.5, 0.6) is 5.75 Å². The number of benzene rings is 3. The molecule has 3 aromatic rings. The van der Waals surface area contributed by atoms with Gasteiger partial charge in [0.2, 0.25) is 0 Å². The molecule has 0 spiro atoms. The highest BCUT2D eigenvalue weighted by atomic mass is 35.5. The van der Waals surface area contributed by atoms with Crippen molar-refractivity contribution in [1.82, 2.24) is 5.32 Å². The van der Waals surface area contributed by atoms with Crippen LogP contribution in [0.3, 0.4) is 0 Å². The van der Waals surface area contributed by atoms with Gasteiger partial charge in [0, 0.05) is 36.4 Å². The number of anilines is 3. The number of halogens is 2. The van der Waals surface area contributed by atoms with Crippen molar-refractivity contribution in [2.24, 2.45) is 0 Å². The standard InChI is InChI=1S/C26H26ClFN4O3/c1-35-24-7-3-2-6-18(24)16-29-25(33)17-8-11-23(32-12-4-5-13-32)22(14-17)31-26(34)30-19-9-10-21(28)20(27)15-19/h2-3,6-11,14-15H,4-5,12-13,16H2,1H3,(H,29,33)(H2,30,31,34). The molecule has 1 aliphatic heterocycles. The lowest BCUT2D eigenvalue weighted by Gasteiger charge is -2.22. The Hall–Kier alpha value is -3.78. The molecule has 0 saturated carbocycles. The van der Waals surface area contributed by atoms with Crippen LogP contribution in [0.4, 0.5) is 26.2 Å². The number of urea groups is 1. The maximum atomic E-state index is 13.4. The first-order valence-electron chi connectivity index (χ1n) is 11.3. The monoisotopic (exact) mass is 496 g/mol. The van der Waals surface area contributed by atoms with Crippen LogP contribution in [0.2, 0.25) is 5.02 Å². The topological polar surface area (TPSA) is 82.7 Å². The number of hydrogen-bond donors (Lipinski definition) is 3. The van der Waals surface area contributed by atoms with Crippen molar-refractivity contribution >= 4 is 40.6 Å². The van der Waals surface area contributed by atoms with Gasteiger partial charge in [0.15, 0.2) is 0 Å². The molecule has 0 atom stereocenters. The van der Waals surface area contributed by atoms with E-state index in [0.717, 1.165) is 37.2 Å². The molecule has 1 aliphatic rings. The van der Waals surface area contributed by atoms with Crippen LogP contribution in [0.25, 0.3) is 0 Å². The second-order valence-electron chi connectivity index (χ2n) is 8.13. The second kappa shape index (κ2) is 11.1. The number of ether oxygens (including phenoxy) is 1. The summed E-state index contributed by atoms with van der Waals surface area (Å²) in [7, 11) is 1.58. The number of carbonyl (C=O) groups excluding carboxylic acids is 2. The van der Waals surface area contributed by atoms with Crippen molar-refractivity contribution in [3.05, 3.63) is 82.6 Å². The highest BCUT2D eigenvalue weighted by Gasteiger charge is 2.19. The Morgan fingerprint density at radius 2 is 1.80 bits per heavy atom. The Labute approximate surface area is 208 Å². The van der Waals surface area contributed by atoms with E-state index < -0.39 is 11.8 Å². The van der Waals surface area contributed by atoms with E-state index in [-0.39, 0.29) is 10.9 Å². The number of carbonyl (C=O) groups is 2. The van der Waals surface area contributed by atoms with E-state index in [0.29, 0.717) is 29.2 Å². The van der Waals surface area contributed by atoms with Gasteiger partial charge in [-0.05, 0) is 55.3 Å². The molecular weight excluding hydrogens is 471 g/mol. The summed E-state index contributed by atoms with van der Waals surface area (Å²) in [6, 6.07) is 16.1. The van der Waals surface area contributed by atoms with Gasteiger partial charge in [0.05, 0.1) is 23.5 Å². The molecular formula is C26H26ClFN4O3. The fraction of sp³-hybridized carbons (Fsp3) is 0.231.